The Morgan fingerprint density at radius 2 is 1.30 bits per heavy atom. The molecule has 6 aromatic rings. The maximum absolute atomic E-state index is 2.45. The molecule has 27 heavy (non-hydrogen) atoms. The quantitative estimate of drug-likeness (QED) is 0.173. The molecule has 0 saturated heterocycles. The fraction of sp³-hybridized carbons (Fsp3) is 0.0400. The number of aryl methyl sites for hydroxylation is 1. The Labute approximate surface area is 173 Å². The summed E-state index contributed by atoms with van der Waals surface area (Å²) >= 11 is 0.265. The third-order valence-electron chi connectivity index (χ3n) is 5.25. The monoisotopic (exact) mass is 526 g/mol. The maximum atomic E-state index is 2.45. The van der Waals surface area contributed by atoms with Gasteiger partial charge in [-0.3, -0.25) is 0 Å². The molecule has 0 aliphatic heterocycles. The van der Waals surface area contributed by atoms with Gasteiger partial charge in [0.25, 0.3) is 0 Å². The molecule has 0 fully saturated rings. The standard InChI is InChI=1S/C25H16SeTe/c1-15-7-22-11-18-8-17-10-21-13-23(16-5-3-2-4-6-16)26-24(21)12-19(17)9-20(18)14-25(22)27-15/h2-14H,1H3. The van der Waals surface area contributed by atoms with Crippen LogP contribution >= 0.6 is 0 Å². The second kappa shape index (κ2) is 6.10. The van der Waals surface area contributed by atoms with Gasteiger partial charge in [-0.05, 0) is 0 Å². The first-order chi connectivity index (χ1) is 13.2. The number of hydrogen-bond acceptors (Lipinski definition) is 0. The summed E-state index contributed by atoms with van der Waals surface area (Å²) in [6.07, 6.45) is 0. The number of hydrogen-bond donors (Lipinski definition) is 0. The summed E-state index contributed by atoms with van der Waals surface area (Å²) < 4.78 is 6.20. The minimum absolute atomic E-state index is 0.129. The summed E-state index contributed by atoms with van der Waals surface area (Å²) in [5, 5.41) is 8.38. The van der Waals surface area contributed by atoms with Crippen LogP contribution in [0.4, 0.5) is 0 Å². The number of benzene rings is 4. The van der Waals surface area contributed by atoms with Gasteiger partial charge in [0.05, 0.1) is 0 Å². The van der Waals surface area contributed by atoms with Gasteiger partial charge in [0.1, 0.15) is 0 Å². The summed E-state index contributed by atoms with van der Waals surface area (Å²) in [4.78, 5) is 0. The summed E-state index contributed by atoms with van der Waals surface area (Å²) in [5.74, 6) is 0. The van der Waals surface area contributed by atoms with Crippen LogP contribution in [0, 0.1) is 6.92 Å². The van der Waals surface area contributed by atoms with Crippen molar-refractivity contribution < 1.29 is 0 Å². The second-order valence-corrected chi connectivity index (χ2v) is 13.1. The van der Waals surface area contributed by atoms with Crippen LogP contribution in [-0.4, -0.2) is 34.9 Å². The van der Waals surface area contributed by atoms with Crippen molar-refractivity contribution in [1.82, 2.24) is 0 Å². The van der Waals surface area contributed by atoms with E-state index in [1.165, 1.54) is 46.6 Å². The zero-order valence-corrected chi connectivity index (χ0v) is 18.9. The molecule has 4 aromatic carbocycles. The van der Waals surface area contributed by atoms with Crippen LogP contribution in [0.5, 0.6) is 0 Å². The van der Waals surface area contributed by atoms with E-state index in [9.17, 15) is 0 Å². The van der Waals surface area contributed by atoms with Crippen LogP contribution in [0.1, 0.15) is 3.58 Å². The molecule has 0 amide bonds. The van der Waals surface area contributed by atoms with Crippen molar-refractivity contribution in [3.63, 3.8) is 0 Å². The van der Waals surface area contributed by atoms with Crippen LogP contribution in [0.3, 0.4) is 0 Å². The van der Waals surface area contributed by atoms with Crippen molar-refractivity contribution in [2.24, 2.45) is 0 Å². The molecule has 0 unspecified atom stereocenters. The van der Waals surface area contributed by atoms with E-state index in [1.807, 2.05) is 0 Å². The normalized spacial score (nSPS) is 11.9. The molecule has 0 nitrogen and oxygen atoms in total. The van der Waals surface area contributed by atoms with Gasteiger partial charge in [-0.15, -0.1) is 0 Å². The summed E-state index contributed by atoms with van der Waals surface area (Å²) in [7, 11) is 0. The zero-order chi connectivity index (χ0) is 18.0. The molecule has 0 saturated carbocycles. The first-order valence-electron chi connectivity index (χ1n) is 9.10. The van der Waals surface area contributed by atoms with Gasteiger partial charge in [-0.1, -0.05) is 0 Å². The van der Waals surface area contributed by atoms with Crippen LogP contribution < -0.4 is 0 Å². The van der Waals surface area contributed by atoms with Crippen molar-refractivity contribution in [2.45, 2.75) is 6.92 Å². The Bertz CT molecular complexity index is 1380. The molecule has 0 bridgehead atoms. The van der Waals surface area contributed by atoms with E-state index < -0.39 is 0 Å². The molecule has 2 aromatic heterocycles. The van der Waals surface area contributed by atoms with E-state index in [-0.39, 0.29) is 20.4 Å². The summed E-state index contributed by atoms with van der Waals surface area (Å²) in [6, 6.07) is 30.1. The van der Waals surface area contributed by atoms with Gasteiger partial charge in [0.2, 0.25) is 0 Å². The van der Waals surface area contributed by atoms with E-state index >= 15 is 0 Å². The van der Waals surface area contributed by atoms with Crippen molar-refractivity contribution in [3.05, 3.63) is 82.4 Å². The van der Waals surface area contributed by atoms with Gasteiger partial charge >= 0.3 is 174 Å². The Hall–Kier alpha value is -1.81. The molecule has 0 aliphatic carbocycles. The molecule has 0 atom stereocenters. The molecule has 0 N–H and O–H groups in total. The topological polar surface area (TPSA) is 0 Å². The van der Waals surface area contributed by atoms with Crippen LogP contribution in [0.25, 0.3) is 50.0 Å². The van der Waals surface area contributed by atoms with Gasteiger partial charge in [-0.2, -0.15) is 0 Å². The first kappa shape index (κ1) is 16.2. The fourth-order valence-corrected chi connectivity index (χ4v) is 8.98. The predicted molar refractivity (Wildman–Crippen MR) is 121 cm³/mol. The molecule has 2 heterocycles. The van der Waals surface area contributed by atoms with E-state index in [0.29, 0.717) is 14.5 Å². The van der Waals surface area contributed by atoms with E-state index in [2.05, 4.69) is 85.8 Å². The van der Waals surface area contributed by atoms with Gasteiger partial charge in [-0.25, -0.2) is 0 Å². The average molecular weight is 523 g/mol. The van der Waals surface area contributed by atoms with E-state index in [0.717, 1.165) is 0 Å². The fourth-order valence-electron chi connectivity index (χ4n) is 3.95. The van der Waals surface area contributed by atoms with E-state index in [1.54, 1.807) is 6.98 Å². The van der Waals surface area contributed by atoms with Gasteiger partial charge in [0, 0.05) is 0 Å². The molecule has 0 aliphatic rings. The SMILES string of the molecule is Cc1cc2cc3cc4cc5cc(-c6ccccc6)[se]c5cc4cc3cc2[te]1. The zero-order valence-electron chi connectivity index (χ0n) is 14.8. The molecular weight excluding hydrogens is 507 g/mol. The van der Waals surface area contributed by atoms with Crippen molar-refractivity contribution in [3.8, 4) is 10.0 Å². The first-order valence-corrected chi connectivity index (χ1v) is 13.1. The van der Waals surface area contributed by atoms with Crippen molar-refractivity contribution in [1.29, 1.82) is 0 Å². The molecule has 0 radical (unpaired) electrons. The number of fused-ring (bicyclic) bond motifs is 4. The average Bonchev–Trinajstić information content (AvgIpc) is 3.24. The summed E-state index contributed by atoms with van der Waals surface area (Å²) in [5.41, 5.74) is 1.37. The third kappa shape index (κ3) is 2.72. The molecular formula is C25H16SeTe. The van der Waals surface area contributed by atoms with Crippen molar-refractivity contribution in [2.75, 3.05) is 0 Å². The summed E-state index contributed by atoms with van der Waals surface area (Å²) in [6.45, 7) is 2.28. The number of rotatable bonds is 1. The minimum atomic E-state index is -0.129. The van der Waals surface area contributed by atoms with Crippen molar-refractivity contribution >= 4 is 74.9 Å². The molecule has 6 rings (SSSR count). The predicted octanol–water partition coefficient (Wildman–Crippen LogP) is 6.39. The van der Waals surface area contributed by atoms with Gasteiger partial charge in [0.15, 0.2) is 0 Å². The molecule has 2 heteroatoms. The van der Waals surface area contributed by atoms with Crippen LogP contribution in [0.15, 0.2) is 78.9 Å². The van der Waals surface area contributed by atoms with Crippen LogP contribution in [0.2, 0.25) is 0 Å². The Morgan fingerprint density at radius 3 is 2.11 bits per heavy atom. The Morgan fingerprint density at radius 1 is 0.630 bits per heavy atom. The Balaban J connectivity index is 1.61. The van der Waals surface area contributed by atoms with Gasteiger partial charge < -0.3 is 0 Å². The van der Waals surface area contributed by atoms with E-state index in [4.69, 9.17) is 0 Å². The Kier molecular flexibility index (Phi) is 3.65. The molecule has 0 spiro atoms. The van der Waals surface area contributed by atoms with Crippen LogP contribution in [-0.2, 0) is 0 Å². The molecule has 128 valence electrons. The second-order valence-electron chi connectivity index (χ2n) is 7.16. The third-order valence-corrected chi connectivity index (χ3v) is 10.5.